The molecule has 1 aromatic carbocycles. The number of rotatable bonds is 5. The molecular weight excluding hydrogens is 310 g/mol. The number of benzene rings is 1. The monoisotopic (exact) mass is 331 g/mol. The van der Waals surface area contributed by atoms with Crippen LogP contribution in [0.2, 0.25) is 5.02 Å². The molecule has 0 amide bonds. The van der Waals surface area contributed by atoms with Crippen molar-refractivity contribution in [1.82, 2.24) is 9.62 Å². The highest BCUT2D eigenvalue weighted by Crippen LogP contribution is 2.27. The first-order valence-corrected chi connectivity index (χ1v) is 8.95. The average molecular weight is 332 g/mol. The van der Waals surface area contributed by atoms with Crippen molar-refractivity contribution in [3.8, 4) is 0 Å². The third-order valence-electron chi connectivity index (χ3n) is 3.88. The summed E-state index contributed by atoms with van der Waals surface area (Å²) in [5.74, 6) is 0.325. The van der Waals surface area contributed by atoms with Gasteiger partial charge < -0.3 is 10.6 Å². The van der Waals surface area contributed by atoms with E-state index in [1.807, 2.05) is 0 Å². The minimum Gasteiger partial charge on any atom is -0.398 e. The van der Waals surface area contributed by atoms with E-state index in [-0.39, 0.29) is 15.6 Å². The van der Waals surface area contributed by atoms with Crippen molar-refractivity contribution in [2.24, 2.45) is 5.92 Å². The van der Waals surface area contributed by atoms with E-state index in [0.717, 1.165) is 19.5 Å². The molecule has 0 bridgehead atoms. The molecule has 1 heterocycles. The first-order chi connectivity index (χ1) is 9.81. The van der Waals surface area contributed by atoms with E-state index in [4.69, 9.17) is 17.3 Å². The Morgan fingerprint density at radius 3 is 2.76 bits per heavy atom. The number of nitrogens with zero attached hydrogens (tertiary/aromatic N) is 1. The van der Waals surface area contributed by atoms with Crippen LogP contribution < -0.4 is 10.5 Å². The van der Waals surface area contributed by atoms with Gasteiger partial charge in [0.1, 0.15) is 4.90 Å². The maximum absolute atomic E-state index is 12.4. The summed E-state index contributed by atoms with van der Waals surface area (Å²) in [5.41, 5.74) is 5.91. The standard InChI is InChI=1S/C14H22ClN3O2S/c1-10(2)18-7-6-11(9-18)8-17-21(19,20)14-12(15)4-3-5-13(14)16/h3-5,10-11,17H,6-9,16H2,1-2H3. The highest BCUT2D eigenvalue weighted by molar-refractivity contribution is 7.89. The van der Waals surface area contributed by atoms with Crippen LogP contribution in [0.5, 0.6) is 0 Å². The van der Waals surface area contributed by atoms with E-state index < -0.39 is 10.0 Å². The minimum atomic E-state index is -3.67. The SMILES string of the molecule is CC(C)N1CCC(CNS(=O)(=O)c2c(N)cccc2Cl)C1. The zero-order valence-corrected chi connectivity index (χ0v) is 13.9. The number of sulfonamides is 1. The van der Waals surface area contributed by atoms with E-state index in [1.54, 1.807) is 6.07 Å². The molecule has 1 atom stereocenters. The van der Waals surface area contributed by atoms with Gasteiger partial charge in [0, 0.05) is 19.1 Å². The number of nitrogen functional groups attached to an aromatic ring is 1. The molecule has 3 N–H and O–H groups in total. The van der Waals surface area contributed by atoms with Crippen molar-refractivity contribution < 1.29 is 8.42 Å². The molecule has 1 aliphatic rings. The van der Waals surface area contributed by atoms with Gasteiger partial charge in [0.05, 0.1) is 10.7 Å². The molecule has 0 aliphatic carbocycles. The van der Waals surface area contributed by atoms with Crippen molar-refractivity contribution in [2.75, 3.05) is 25.4 Å². The Balaban J connectivity index is 2.03. The molecule has 118 valence electrons. The van der Waals surface area contributed by atoms with Crippen LogP contribution in [0.1, 0.15) is 20.3 Å². The Hall–Kier alpha value is -0.820. The van der Waals surface area contributed by atoms with E-state index in [0.29, 0.717) is 18.5 Å². The molecule has 1 saturated heterocycles. The van der Waals surface area contributed by atoms with Crippen molar-refractivity contribution in [2.45, 2.75) is 31.2 Å². The van der Waals surface area contributed by atoms with Crippen LogP contribution >= 0.6 is 11.6 Å². The number of nitrogens with two attached hydrogens (primary N) is 1. The minimum absolute atomic E-state index is 0.0228. The van der Waals surface area contributed by atoms with Gasteiger partial charge in [-0.2, -0.15) is 0 Å². The van der Waals surface area contributed by atoms with Crippen molar-refractivity contribution in [1.29, 1.82) is 0 Å². The molecule has 1 unspecified atom stereocenters. The van der Waals surface area contributed by atoms with E-state index in [9.17, 15) is 8.42 Å². The Bertz CT molecular complexity index is 584. The van der Waals surface area contributed by atoms with Gasteiger partial charge in [0.15, 0.2) is 0 Å². The van der Waals surface area contributed by atoms with Crippen LogP contribution in [0.3, 0.4) is 0 Å². The number of nitrogens with one attached hydrogen (secondary N) is 1. The zero-order valence-electron chi connectivity index (χ0n) is 12.3. The zero-order chi connectivity index (χ0) is 15.6. The summed E-state index contributed by atoms with van der Waals surface area (Å²) in [6, 6.07) is 5.19. The molecule has 5 nitrogen and oxygen atoms in total. The third kappa shape index (κ3) is 3.88. The second-order valence-corrected chi connectivity index (χ2v) is 7.86. The fourth-order valence-corrected chi connectivity index (χ4v) is 4.40. The smallest absolute Gasteiger partial charge is 0.244 e. The molecule has 1 aromatic rings. The summed E-state index contributed by atoms with van der Waals surface area (Å²) in [5, 5.41) is 0.151. The maximum Gasteiger partial charge on any atom is 0.244 e. The highest BCUT2D eigenvalue weighted by Gasteiger charge is 2.27. The highest BCUT2D eigenvalue weighted by atomic mass is 35.5. The lowest BCUT2D eigenvalue weighted by atomic mass is 10.1. The van der Waals surface area contributed by atoms with Gasteiger partial charge in [-0.3, -0.25) is 0 Å². The molecule has 7 heteroatoms. The molecule has 1 fully saturated rings. The third-order valence-corrected chi connectivity index (χ3v) is 5.84. The fraction of sp³-hybridized carbons (Fsp3) is 0.571. The quantitative estimate of drug-likeness (QED) is 0.808. The van der Waals surface area contributed by atoms with Crippen LogP contribution in [-0.4, -0.2) is 39.0 Å². The summed E-state index contributed by atoms with van der Waals surface area (Å²) in [6.45, 7) is 6.64. The van der Waals surface area contributed by atoms with E-state index in [1.165, 1.54) is 12.1 Å². The number of likely N-dealkylation sites (tertiary alicyclic amines) is 1. The number of hydrogen-bond acceptors (Lipinski definition) is 4. The second kappa shape index (κ2) is 6.52. The number of halogens is 1. The Morgan fingerprint density at radius 2 is 2.19 bits per heavy atom. The average Bonchev–Trinajstić information content (AvgIpc) is 2.85. The number of hydrogen-bond donors (Lipinski definition) is 2. The van der Waals surface area contributed by atoms with Gasteiger partial charge in [-0.15, -0.1) is 0 Å². The topological polar surface area (TPSA) is 75.4 Å². The van der Waals surface area contributed by atoms with Gasteiger partial charge >= 0.3 is 0 Å². The van der Waals surface area contributed by atoms with Crippen LogP contribution in [-0.2, 0) is 10.0 Å². The summed E-state index contributed by atoms with van der Waals surface area (Å²) in [6.07, 6.45) is 0.999. The van der Waals surface area contributed by atoms with Gasteiger partial charge in [-0.25, -0.2) is 13.1 Å². The lowest BCUT2D eigenvalue weighted by molar-refractivity contribution is 0.265. The summed E-state index contributed by atoms with van der Waals surface area (Å²) in [4.78, 5) is 2.33. The first-order valence-electron chi connectivity index (χ1n) is 7.09. The van der Waals surface area contributed by atoms with Crippen molar-refractivity contribution in [3.63, 3.8) is 0 Å². The molecule has 0 aromatic heterocycles. The van der Waals surface area contributed by atoms with Crippen molar-refractivity contribution >= 4 is 27.3 Å². The van der Waals surface area contributed by atoms with E-state index in [2.05, 4.69) is 23.5 Å². The fourth-order valence-electron chi connectivity index (χ4n) is 2.61. The molecule has 1 aliphatic heterocycles. The Labute approximate surface area is 131 Å². The first kappa shape index (κ1) is 16.5. The van der Waals surface area contributed by atoms with Crippen LogP contribution in [0.4, 0.5) is 5.69 Å². The van der Waals surface area contributed by atoms with Gasteiger partial charge in [-0.1, -0.05) is 17.7 Å². The van der Waals surface area contributed by atoms with Gasteiger partial charge in [0.25, 0.3) is 0 Å². The Morgan fingerprint density at radius 1 is 1.48 bits per heavy atom. The summed E-state index contributed by atoms with van der Waals surface area (Å²) < 4.78 is 27.4. The molecular formula is C14H22ClN3O2S. The van der Waals surface area contributed by atoms with Gasteiger partial charge in [-0.05, 0) is 44.9 Å². The molecule has 0 radical (unpaired) electrons. The molecule has 21 heavy (non-hydrogen) atoms. The maximum atomic E-state index is 12.4. The largest absolute Gasteiger partial charge is 0.398 e. The van der Waals surface area contributed by atoms with E-state index >= 15 is 0 Å². The summed E-state index contributed by atoms with van der Waals surface area (Å²) in [7, 11) is -3.67. The lowest BCUT2D eigenvalue weighted by Crippen LogP contribution is -2.33. The van der Waals surface area contributed by atoms with Crippen LogP contribution in [0, 0.1) is 5.92 Å². The lowest BCUT2D eigenvalue weighted by Gasteiger charge is -2.20. The van der Waals surface area contributed by atoms with Crippen molar-refractivity contribution in [3.05, 3.63) is 23.2 Å². The van der Waals surface area contributed by atoms with Crippen LogP contribution in [0.15, 0.2) is 23.1 Å². The van der Waals surface area contributed by atoms with Gasteiger partial charge in [0.2, 0.25) is 10.0 Å². The number of anilines is 1. The van der Waals surface area contributed by atoms with Crippen LogP contribution in [0.25, 0.3) is 0 Å². The molecule has 0 spiro atoms. The summed E-state index contributed by atoms with van der Waals surface area (Å²) >= 11 is 5.97. The normalized spacial score (nSPS) is 20.3. The second-order valence-electron chi connectivity index (χ2n) is 5.75. The molecule has 2 rings (SSSR count). The predicted molar refractivity (Wildman–Crippen MR) is 85.9 cm³/mol. The predicted octanol–water partition coefficient (Wildman–Crippen LogP) is 1.93. The Kier molecular flexibility index (Phi) is 5.14. The molecule has 0 saturated carbocycles.